The Morgan fingerprint density at radius 1 is 1.07 bits per heavy atom. The smallest absolute Gasteiger partial charge is 0.373 e. The number of imidazole rings is 1. The van der Waals surface area contributed by atoms with E-state index in [9.17, 15) is 24.4 Å². The van der Waals surface area contributed by atoms with Crippen molar-refractivity contribution in [1.29, 1.82) is 5.26 Å². The maximum atomic E-state index is 16.5. The van der Waals surface area contributed by atoms with Gasteiger partial charge in [0.15, 0.2) is 0 Å². The van der Waals surface area contributed by atoms with Crippen molar-refractivity contribution in [2.75, 3.05) is 18.5 Å². The van der Waals surface area contributed by atoms with Crippen molar-refractivity contribution in [2.45, 2.75) is 154 Å². The number of H-pyrrole nitrogens is 1. The van der Waals surface area contributed by atoms with Gasteiger partial charge in [0.2, 0.25) is 5.95 Å². The molecule has 0 radical (unpaired) electrons. The van der Waals surface area contributed by atoms with Crippen molar-refractivity contribution in [3.05, 3.63) is 35.7 Å². The lowest BCUT2D eigenvalue weighted by molar-refractivity contribution is 0.0264. The average Bonchev–Trinajstić information content (AvgIpc) is 3.82. The van der Waals surface area contributed by atoms with Crippen LogP contribution in [0.15, 0.2) is 18.5 Å². The highest BCUT2D eigenvalue weighted by Gasteiger charge is 2.43. The molecule has 1 aliphatic rings. The molecule has 1 saturated heterocycles. The summed E-state index contributed by atoms with van der Waals surface area (Å²) in [7, 11) is -4.95. The summed E-state index contributed by atoms with van der Waals surface area (Å²) in [5.74, 6) is -0.448. The van der Waals surface area contributed by atoms with Crippen molar-refractivity contribution >= 4 is 30.8 Å². The Morgan fingerprint density at radius 2 is 1.71 bits per heavy atom. The van der Waals surface area contributed by atoms with Crippen LogP contribution in [-0.2, 0) is 19.2 Å². The number of unbranched alkanes of at least 4 members (excludes halogenated alkanes) is 11. The van der Waals surface area contributed by atoms with E-state index in [0.717, 1.165) is 32.1 Å². The van der Waals surface area contributed by atoms with E-state index in [1.165, 1.54) is 63.8 Å². The van der Waals surface area contributed by atoms with E-state index in [0.29, 0.717) is 49.0 Å². The number of aromatic amines is 1. The minimum atomic E-state index is -4.95. The van der Waals surface area contributed by atoms with Gasteiger partial charge < -0.3 is 24.8 Å². The molecule has 5 N–H and O–H groups in total. The summed E-state index contributed by atoms with van der Waals surface area (Å²) >= 11 is 0. The highest BCUT2D eigenvalue weighted by Crippen LogP contribution is 2.47. The quantitative estimate of drug-likeness (QED) is 0.0431. The summed E-state index contributed by atoms with van der Waals surface area (Å²) in [5, 5.41) is 14.8. The summed E-state index contributed by atoms with van der Waals surface area (Å²) in [6.07, 6.45) is 18.4. The lowest BCUT2D eigenvalue weighted by Gasteiger charge is -2.38. The third-order valence-electron chi connectivity index (χ3n) is 10.6. The van der Waals surface area contributed by atoms with E-state index in [1.54, 1.807) is 26.8 Å². The highest BCUT2D eigenvalue weighted by atomic mass is 31.2. The molecular weight excluding hydrogens is 724 g/mol. The lowest BCUT2D eigenvalue weighted by atomic mass is 9.75. The second-order valence-corrected chi connectivity index (χ2v) is 16.5. The zero-order chi connectivity index (χ0) is 39.8. The first kappa shape index (κ1) is 44.2. The zero-order valence-electron chi connectivity index (χ0n) is 33.0. The number of hydrogen-bond acceptors (Lipinski definition) is 8. The third kappa shape index (κ3) is 13.0. The molecule has 304 valence electrons. The number of phosphoric ester groups is 1. The van der Waals surface area contributed by atoms with Gasteiger partial charge in [-0.15, -0.1) is 0 Å². The largest absolute Gasteiger partial charge is 0.469 e. The van der Waals surface area contributed by atoms with Crippen LogP contribution in [0.1, 0.15) is 154 Å². The van der Waals surface area contributed by atoms with Gasteiger partial charge in [0.05, 0.1) is 34.7 Å². The summed E-state index contributed by atoms with van der Waals surface area (Å²) in [6, 6.07) is 3.33. The van der Waals surface area contributed by atoms with E-state index >= 15 is 4.39 Å². The number of halogens is 1. The van der Waals surface area contributed by atoms with E-state index < -0.39 is 37.3 Å². The van der Waals surface area contributed by atoms with Crippen LogP contribution in [0, 0.1) is 23.1 Å². The van der Waals surface area contributed by atoms with Crippen LogP contribution in [0.2, 0.25) is 0 Å². The Morgan fingerprint density at radius 3 is 2.27 bits per heavy atom. The van der Waals surface area contributed by atoms with Crippen LogP contribution in [0.4, 0.5) is 15.1 Å². The Kier molecular flexibility index (Phi) is 17.5. The Hall–Kier alpha value is -3.47. The van der Waals surface area contributed by atoms with Crippen LogP contribution in [-0.4, -0.2) is 55.0 Å². The number of fused-ring (bicyclic) bond motifs is 1. The van der Waals surface area contributed by atoms with E-state index in [2.05, 4.69) is 43.6 Å². The molecule has 0 spiro atoms. The molecule has 2 aromatic heterocycles. The lowest BCUT2D eigenvalue weighted by Crippen LogP contribution is -2.42. The third-order valence-corrected chi connectivity index (χ3v) is 11.1. The summed E-state index contributed by atoms with van der Waals surface area (Å²) in [5.41, 5.74) is 0.612. The summed E-state index contributed by atoms with van der Waals surface area (Å²) in [6.45, 7) is 8.49. The second-order valence-electron chi connectivity index (χ2n) is 15.3. The molecule has 4 rings (SSSR count). The first-order chi connectivity index (χ1) is 26.4. The van der Waals surface area contributed by atoms with Gasteiger partial charge in [-0.05, 0) is 44.6 Å². The molecule has 0 aliphatic carbocycles. The fourth-order valence-corrected chi connectivity index (χ4v) is 8.39. The maximum Gasteiger partial charge on any atom is 0.469 e. The number of anilines is 1. The monoisotopic (exact) mass is 785 g/mol. The number of rotatable bonds is 24. The number of phosphoric acid groups is 1. The molecule has 1 aromatic carbocycles. The van der Waals surface area contributed by atoms with Gasteiger partial charge in [-0.1, -0.05) is 97.8 Å². The molecule has 1 fully saturated rings. The normalized spacial score (nSPS) is 15.9. The number of nitrogens with one attached hydrogen (secondary N) is 3. The number of nitrogens with zero attached hydrogens (tertiary/aromatic N) is 4. The highest BCUT2D eigenvalue weighted by molar-refractivity contribution is 7.46. The molecule has 15 heteroatoms. The van der Waals surface area contributed by atoms with Gasteiger partial charge in [-0.2, -0.15) is 5.26 Å². The average molecular weight is 786 g/mol. The minimum Gasteiger partial charge on any atom is -0.373 e. The molecule has 0 bridgehead atoms. The summed E-state index contributed by atoms with van der Waals surface area (Å²) < 4.78 is 40.3. The molecule has 55 heavy (non-hydrogen) atoms. The van der Waals surface area contributed by atoms with Crippen molar-refractivity contribution in [2.24, 2.45) is 5.92 Å². The Labute approximate surface area is 325 Å². The van der Waals surface area contributed by atoms with Gasteiger partial charge in [-0.3, -0.25) is 9.84 Å². The second kappa shape index (κ2) is 21.7. The van der Waals surface area contributed by atoms with Gasteiger partial charge >= 0.3 is 13.9 Å². The van der Waals surface area contributed by atoms with Crippen molar-refractivity contribution in [3.8, 4) is 17.2 Å². The topological polar surface area (TPSA) is 195 Å². The number of carbonyl (C=O) groups excluding carboxylic acids is 1. The molecule has 0 saturated carbocycles. The molecule has 3 atom stereocenters. The molecule has 3 aromatic rings. The van der Waals surface area contributed by atoms with Gasteiger partial charge in [-0.25, -0.2) is 28.7 Å². The SMILES string of the molecule is CCCCCCCCCCCCCCC(CCC#N)C(OP(=O)(O)O)C(C)(C)c1ncc(-c2cc3[nH]c(NC(=O)NCC)nc3c([C@H]3CCCO3)c2F)cn1. The van der Waals surface area contributed by atoms with Crippen LogP contribution in [0.3, 0.4) is 0 Å². The Bertz CT molecular complexity index is 1740. The maximum absolute atomic E-state index is 16.5. The van der Waals surface area contributed by atoms with Crippen molar-refractivity contribution < 1.29 is 32.8 Å². The number of ether oxygens (including phenoxy) is 1. The Balaban J connectivity index is 1.52. The van der Waals surface area contributed by atoms with Gasteiger partial charge in [0.25, 0.3) is 0 Å². The molecule has 2 amide bonds. The van der Waals surface area contributed by atoms with Gasteiger partial charge in [0, 0.05) is 48.7 Å². The van der Waals surface area contributed by atoms with Gasteiger partial charge in [0.1, 0.15) is 11.6 Å². The standard InChI is InChI=1S/C40H61FN7O6P/c1-5-7-8-9-10-11-12-13-14-15-16-17-20-28(21-18-23-42)36(54-55(50,51)52)40(3,4)37-44-26-29(27-45-37)30-25-31-35(33(34(30)41)32-22-19-24-53-32)47-38(46-31)48-39(49)43-6-2/h25-28,32,36H,5-22,24H2,1-4H3,(H2,50,51,52)(H3,43,46,47,48,49)/t28?,32-,36?/m1/s1. The van der Waals surface area contributed by atoms with Crippen LogP contribution < -0.4 is 10.6 Å². The number of amides is 2. The van der Waals surface area contributed by atoms with Crippen LogP contribution in [0.5, 0.6) is 0 Å². The first-order valence-electron chi connectivity index (χ1n) is 20.2. The summed E-state index contributed by atoms with van der Waals surface area (Å²) in [4.78, 5) is 49.1. The molecule has 2 unspecified atom stereocenters. The zero-order valence-corrected chi connectivity index (χ0v) is 33.9. The van der Waals surface area contributed by atoms with E-state index in [-0.39, 0.29) is 35.2 Å². The molecular formula is C40H61FN7O6P. The molecule has 13 nitrogen and oxygen atoms in total. The molecule has 3 heterocycles. The number of urea groups is 1. The van der Waals surface area contributed by atoms with Crippen molar-refractivity contribution in [3.63, 3.8) is 0 Å². The molecule has 1 aliphatic heterocycles. The number of carbonyl (C=O) groups is 1. The van der Waals surface area contributed by atoms with Crippen LogP contribution >= 0.6 is 7.82 Å². The number of benzene rings is 1. The fraction of sp³-hybridized carbons (Fsp3) is 0.675. The van der Waals surface area contributed by atoms with E-state index in [1.807, 2.05) is 0 Å². The number of nitriles is 1. The van der Waals surface area contributed by atoms with E-state index in [4.69, 9.17) is 9.26 Å². The van der Waals surface area contributed by atoms with Crippen LogP contribution in [0.25, 0.3) is 22.2 Å². The number of aromatic nitrogens is 4. The van der Waals surface area contributed by atoms with Crippen molar-refractivity contribution in [1.82, 2.24) is 25.3 Å². The predicted molar refractivity (Wildman–Crippen MR) is 212 cm³/mol. The first-order valence-corrected chi connectivity index (χ1v) is 21.7. The number of hydrogen-bond donors (Lipinski definition) is 5. The fourth-order valence-electron chi connectivity index (χ4n) is 7.66. The predicted octanol–water partition coefficient (Wildman–Crippen LogP) is 9.92. The minimum absolute atomic E-state index is 0.163.